The summed E-state index contributed by atoms with van der Waals surface area (Å²) in [6.07, 6.45) is 3.41. The Labute approximate surface area is 155 Å². The molecular formula is C17H23BrFN5O. The number of hydrogen-bond acceptors (Lipinski definition) is 3. The topological polar surface area (TPSA) is 74.5 Å². The predicted octanol–water partition coefficient (Wildman–Crippen LogP) is 2.28. The van der Waals surface area contributed by atoms with Crippen molar-refractivity contribution >= 4 is 21.9 Å². The summed E-state index contributed by atoms with van der Waals surface area (Å²) >= 11 is 3.40. The lowest BCUT2D eigenvalue weighted by atomic mass is 10.00. The van der Waals surface area contributed by atoms with Crippen molar-refractivity contribution in [2.75, 3.05) is 13.1 Å². The molecule has 2 aromatic rings. The Morgan fingerprint density at radius 2 is 2.20 bits per heavy atom. The van der Waals surface area contributed by atoms with Gasteiger partial charge in [0.25, 0.3) is 0 Å². The summed E-state index contributed by atoms with van der Waals surface area (Å²) in [5.74, 6) is 0.244. The minimum atomic E-state index is -1.09. The maximum absolute atomic E-state index is 13.4. The molecule has 0 radical (unpaired) electrons. The molecule has 1 heterocycles. The molecule has 6 nitrogen and oxygen atoms in total. The van der Waals surface area contributed by atoms with Crippen LogP contribution in [0.25, 0.3) is 0 Å². The molecule has 1 aromatic carbocycles. The van der Waals surface area contributed by atoms with Gasteiger partial charge in [-0.3, -0.25) is 4.68 Å². The molecule has 0 spiro atoms. The monoisotopic (exact) mass is 411 g/mol. The third kappa shape index (κ3) is 5.54. The van der Waals surface area contributed by atoms with Crippen molar-refractivity contribution < 1.29 is 9.50 Å². The van der Waals surface area contributed by atoms with Crippen molar-refractivity contribution in [3.05, 3.63) is 52.0 Å². The molecule has 3 N–H and O–H groups in total. The standard InChI is InChI=1S/C17H23BrFN5O/c1-4-20-16(21-8-12-7-14(19)5-6-15(12)18)22-11-17(2,25)13-9-23-24(3)10-13/h5-7,9-10,25H,4,8,11H2,1-3H3,(H2,20,21,22). The van der Waals surface area contributed by atoms with E-state index in [0.29, 0.717) is 24.6 Å². The Bertz CT molecular complexity index is 744. The summed E-state index contributed by atoms with van der Waals surface area (Å²) in [6.45, 7) is 4.90. The molecule has 0 bridgehead atoms. The summed E-state index contributed by atoms with van der Waals surface area (Å²) in [5, 5.41) is 20.9. The van der Waals surface area contributed by atoms with Gasteiger partial charge in [-0.2, -0.15) is 5.10 Å². The van der Waals surface area contributed by atoms with E-state index in [2.05, 4.69) is 36.7 Å². The number of nitrogens with zero attached hydrogens (tertiary/aromatic N) is 3. The van der Waals surface area contributed by atoms with Gasteiger partial charge in [-0.15, -0.1) is 0 Å². The minimum absolute atomic E-state index is 0.259. The van der Waals surface area contributed by atoms with Crippen molar-refractivity contribution in [3.63, 3.8) is 0 Å². The first-order valence-electron chi connectivity index (χ1n) is 7.99. The van der Waals surface area contributed by atoms with Gasteiger partial charge in [-0.1, -0.05) is 15.9 Å². The molecule has 0 fully saturated rings. The smallest absolute Gasteiger partial charge is 0.191 e. The fourth-order valence-corrected chi connectivity index (χ4v) is 2.60. The molecule has 1 atom stereocenters. The summed E-state index contributed by atoms with van der Waals surface area (Å²) < 4.78 is 15.8. The number of aromatic nitrogens is 2. The first-order valence-corrected chi connectivity index (χ1v) is 8.78. The van der Waals surface area contributed by atoms with E-state index in [0.717, 1.165) is 10.0 Å². The second-order valence-corrected chi connectivity index (χ2v) is 6.82. The number of halogens is 2. The minimum Gasteiger partial charge on any atom is -0.383 e. The van der Waals surface area contributed by atoms with Crippen molar-refractivity contribution in [3.8, 4) is 0 Å². The van der Waals surface area contributed by atoms with Gasteiger partial charge in [-0.05, 0) is 37.6 Å². The third-order valence-corrected chi connectivity index (χ3v) is 4.46. The summed E-state index contributed by atoms with van der Waals surface area (Å²) in [7, 11) is 1.80. The van der Waals surface area contributed by atoms with Crippen LogP contribution in [0.2, 0.25) is 0 Å². The molecule has 0 aliphatic rings. The number of aliphatic imine (C=N–C) groups is 1. The molecule has 1 unspecified atom stereocenters. The molecule has 0 amide bonds. The fourth-order valence-electron chi connectivity index (χ4n) is 2.23. The van der Waals surface area contributed by atoms with Crippen LogP contribution >= 0.6 is 15.9 Å². The number of hydrogen-bond donors (Lipinski definition) is 3. The highest BCUT2D eigenvalue weighted by molar-refractivity contribution is 9.10. The molecule has 1 aromatic heterocycles. The van der Waals surface area contributed by atoms with Crippen molar-refractivity contribution in [2.24, 2.45) is 12.0 Å². The first-order chi connectivity index (χ1) is 11.8. The zero-order valence-corrected chi connectivity index (χ0v) is 16.1. The first kappa shape index (κ1) is 19.4. The molecular weight excluding hydrogens is 389 g/mol. The van der Waals surface area contributed by atoms with Gasteiger partial charge in [-0.25, -0.2) is 9.38 Å². The van der Waals surface area contributed by atoms with Crippen molar-refractivity contribution in [1.29, 1.82) is 0 Å². The van der Waals surface area contributed by atoms with Crippen LogP contribution in [0.5, 0.6) is 0 Å². The molecule has 25 heavy (non-hydrogen) atoms. The van der Waals surface area contributed by atoms with Gasteiger partial charge in [0.15, 0.2) is 5.96 Å². The van der Waals surface area contributed by atoms with Gasteiger partial charge in [0.05, 0.1) is 19.3 Å². The van der Waals surface area contributed by atoms with Crippen LogP contribution in [0.15, 0.2) is 40.1 Å². The zero-order chi connectivity index (χ0) is 18.4. The average molecular weight is 412 g/mol. The second-order valence-electron chi connectivity index (χ2n) is 5.96. The van der Waals surface area contributed by atoms with Gasteiger partial charge in [0.2, 0.25) is 0 Å². The quantitative estimate of drug-likeness (QED) is 0.503. The van der Waals surface area contributed by atoms with E-state index in [1.165, 1.54) is 12.1 Å². The van der Waals surface area contributed by atoms with E-state index in [1.807, 2.05) is 6.92 Å². The van der Waals surface area contributed by atoms with E-state index in [9.17, 15) is 9.50 Å². The third-order valence-electron chi connectivity index (χ3n) is 3.69. The van der Waals surface area contributed by atoms with Crippen molar-refractivity contribution in [1.82, 2.24) is 20.4 Å². The summed E-state index contributed by atoms with van der Waals surface area (Å²) in [4.78, 5) is 4.45. The lowest BCUT2D eigenvalue weighted by Crippen LogP contribution is -2.44. The molecule has 0 aliphatic carbocycles. The van der Waals surface area contributed by atoms with Gasteiger partial charge >= 0.3 is 0 Å². The lowest BCUT2D eigenvalue weighted by Gasteiger charge is -2.23. The van der Waals surface area contributed by atoms with Crippen LogP contribution in [0.3, 0.4) is 0 Å². The second kappa shape index (κ2) is 8.44. The van der Waals surface area contributed by atoms with E-state index in [1.54, 1.807) is 37.1 Å². The molecule has 136 valence electrons. The van der Waals surface area contributed by atoms with Crippen LogP contribution in [0.1, 0.15) is 25.0 Å². The van der Waals surface area contributed by atoms with E-state index in [-0.39, 0.29) is 12.4 Å². The van der Waals surface area contributed by atoms with Crippen LogP contribution in [-0.4, -0.2) is 33.9 Å². The number of guanidine groups is 1. The maximum atomic E-state index is 13.4. The van der Waals surface area contributed by atoms with Crippen LogP contribution in [0, 0.1) is 5.82 Å². The van der Waals surface area contributed by atoms with Crippen molar-refractivity contribution in [2.45, 2.75) is 26.0 Å². The summed E-state index contributed by atoms with van der Waals surface area (Å²) in [5.41, 5.74) is 0.367. The molecule has 8 heteroatoms. The lowest BCUT2D eigenvalue weighted by molar-refractivity contribution is 0.0616. The summed E-state index contributed by atoms with van der Waals surface area (Å²) in [6, 6.07) is 4.50. The van der Waals surface area contributed by atoms with Crippen LogP contribution in [0.4, 0.5) is 4.39 Å². The van der Waals surface area contributed by atoms with E-state index < -0.39 is 5.60 Å². The fraction of sp³-hybridized carbons (Fsp3) is 0.412. The normalized spacial score (nSPS) is 14.2. The van der Waals surface area contributed by atoms with E-state index >= 15 is 0 Å². The SMILES string of the molecule is CCNC(=NCc1cc(F)ccc1Br)NCC(C)(O)c1cnn(C)c1. The Kier molecular flexibility index (Phi) is 6.55. The number of nitrogens with one attached hydrogen (secondary N) is 2. The van der Waals surface area contributed by atoms with Crippen LogP contribution < -0.4 is 10.6 Å². The maximum Gasteiger partial charge on any atom is 0.191 e. The Hall–Kier alpha value is -1.93. The Balaban J connectivity index is 2.06. The number of rotatable bonds is 6. The average Bonchev–Trinajstić information content (AvgIpc) is 3.00. The van der Waals surface area contributed by atoms with E-state index in [4.69, 9.17) is 0 Å². The molecule has 0 aliphatic heterocycles. The molecule has 0 saturated heterocycles. The number of benzene rings is 1. The highest BCUT2D eigenvalue weighted by atomic mass is 79.9. The Morgan fingerprint density at radius 3 is 2.84 bits per heavy atom. The van der Waals surface area contributed by atoms with Crippen LogP contribution in [-0.2, 0) is 19.2 Å². The largest absolute Gasteiger partial charge is 0.383 e. The molecule has 0 saturated carbocycles. The van der Waals surface area contributed by atoms with Gasteiger partial charge in [0, 0.05) is 29.8 Å². The highest BCUT2D eigenvalue weighted by Gasteiger charge is 2.25. The zero-order valence-electron chi connectivity index (χ0n) is 14.6. The number of aryl methyl sites for hydroxylation is 1. The van der Waals surface area contributed by atoms with Gasteiger partial charge < -0.3 is 15.7 Å². The molecule has 2 rings (SSSR count). The highest BCUT2D eigenvalue weighted by Crippen LogP contribution is 2.19. The van der Waals surface area contributed by atoms with Gasteiger partial charge in [0.1, 0.15) is 11.4 Å². The Morgan fingerprint density at radius 1 is 1.44 bits per heavy atom. The predicted molar refractivity (Wildman–Crippen MR) is 99.7 cm³/mol. The number of aliphatic hydroxyl groups is 1.